The van der Waals surface area contributed by atoms with Crippen LogP contribution in [0.25, 0.3) is 0 Å². The van der Waals surface area contributed by atoms with Crippen LogP contribution in [-0.2, 0) is 29.4 Å². The number of nitrogens with zero attached hydrogens (tertiary/aromatic N) is 1. The molecule has 0 atom stereocenters. The van der Waals surface area contributed by atoms with E-state index in [-0.39, 0.29) is 6.54 Å². The highest BCUT2D eigenvalue weighted by molar-refractivity contribution is 7.89. The minimum atomic E-state index is -3.44. The standard InChI is InChI=1S/C13H14N2O2S2/c16-19(17,15-7-12-8-18-9-14-12)13-5-4-10-2-1-3-11(10)6-13/h4-6,8-9,15H,1-3,7H2. The van der Waals surface area contributed by atoms with Gasteiger partial charge in [-0.25, -0.2) is 18.1 Å². The highest BCUT2D eigenvalue weighted by atomic mass is 32.2. The molecular weight excluding hydrogens is 280 g/mol. The van der Waals surface area contributed by atoms with Crippen LogP contribution >= 0.6 is 11.3 Å². The summed E-state index contributed by atoms with van der Waals surface area (Å²) in [5.74, 6) is 0. The Bertz CT molecular complexity index is 679. The molecule has 1 heterocycles. The number of fused-ring (bicyclic) bond motifs is 1. The number of hydrogen-bond acceptors (Lipinski definition) is 4. The molecule has 0 bridgehead atoms. The molecular formula is C13H14N2O2S2. The number of sulfonamides is 1. The highest BCUT2D eigenvalue weighted by Crippen LogP contribution is 2.24. The molecule has 1 aromatic heterocycles. The van der Waals surface area contributed by atoms with Crippen molar-refractivity contribution >= 4 is 21.4 Å². The van der Waals surface area contributed by atoms with Gasteiger partial charge in [-0.2, -0.15) is 0 Å². The molecule has 0 saturated carbocycles. The molecule has 100 valence electrons. The maximum Gasteiger partial charge on any atom is 0.240 e. The molecule has 1 N–H and O–H groups in total. The maximum atomic E-state index is 12.2. The fourth-order valence-electron chi connectivity index (χ4n) is 2.29. The molecule has 2 aromatic rings. The lowest BCUT2D eigenvalue weighted by molar-refractivity contribution is 0.580. The first kappa shape index (κ1) is 12.8. The number of rotatable bonds is 4. The Morgan fingerprint density at radius 3 is 2.89 bits per heavy atom. The average molecular weight is 294 g/mol. The van der Waals surface area contributed by atoms with Gasteiger partial charge in [0, 0.05) is 5.38 Å². The normalized spacial score (nSPS) is 14.5. The van der Waals surface area contributed by atoms with Gasteiger partial charge in [0.05, 0.1) is 22.6 Å². The van der Waals surface area contributed by atoms with Crippen LogP contribution in [-0.4, -0.2) is 13.4 Å². The number of benzene rings is 1. The van der Waals surface area contributed by atoms with Crippen LogP contribution in [0.15, 0.2) is 34.0 Å². The van der Waals surface area contributed by atoms with Gasteiger partial charge in [0.25, 0.3) is 0 Å². The first-order chi connectivity index (χ1) is 9.15. The molecule has 0 saturated heterocycles. The second-order valence-corrected chi connectivity index (χ2v) is 7.07. The van der Waals surface area contributed by atoms with Gasteiger partial charge in [0.1, 0.15) is 0 Å². The fourth-order valence-corrected chi connectivity index (χ4v) is 3.90. The van der Waals surface area contributed by atoms with Gasteiger partial charge in [-0.3, -0.25) is 0 Å². The van der Waals surface area contributed by atoms with Crippen molar-refractivity contribution in [2.45, 2.75) is 30.7 Å². The first-order valence-electron chi connectivity index (χ1n) is 6.14. The third kappa shape index (κ3) is 2.70. The van der Waals surface area contributed by atoms with Crippen LogP contribution in [0.1, 0.15) is 23.2 Å². The molecule has 1 aliphatic carbocycles. The number of aryl methyl sites for hydroxylation is 2. The number of aromatic nitrogens is 1. The number of hydrogen-bond donors (Lipinski definition) is 1. The van der Waals surface area contributed by atoms with Gasteiger partial charge in [0.15, 0.2) is 0 Å². The largest absolute Gasteiger partial charge is 0.248 e. The van der Waals surface area contributed by atoms with Crippen LogP contribution < -0.4 is 4.72 Å². The van der Waals surface area contributed by atoms with Gasteiger partial charge in [-0.1, -0.05) is 6.07 Å². The predicted molar refractivity (Wildman–Crippen MR) is 74.6 cm³/mol. The Balaban J connectivity index is 1.80. The number of thiazole rings is 1. The summed E-state index contributed by atoms with van der Waals surface area (Å²) >= 11 is 1.46. The summed E-state index contributed by atoms with van der Waals surface area (Å²) in [4.78, 5) is 4.41. The Kier molecular flexibility index (Phi) is 3.38. The highest BCUT2D eigenvalue weighted by Gasteiger charge is 2.18. The van der Waals surface area contributed by atoms with E-state index in [0.29, 0.717) is 4.90 Å². The molecule has 0 amide bonds. The zero-order valence-electron chi connectivity index (χ0n) is 10.3. The molecule has 4 nitrogen and oxygen atoms in total. The van der Waals surface area contributed by atoms with Crippen molar-refractivity contribution in [1.82, 2.24) is 9.71 Å². The van der Waals surface area contributed by atoms with Gasteiger partial charge in [-0.15, -0.1) is 11.3 Å². The Hall–Kier alpha value is -1.24. The fraction of sp³-hybridized carbons (Fsp3) is 0.308. The van der Waals surface area contributed by atoms with E-state index < -0.39 is 10.0 Å². The molecule has 0 radical (unpaired) electrons. The molecule has 3 rings (SSSR count). The maximum absolute atomic E-state index is 12.2. The zero-order chi connectivity index (χ0) is 13.3. The van der Waals surface area contributed by atoms with Crippen molar-refractivity contribution in [3.05, 3.63) is 45.9 Å². The van der Waals surface area contributed by atoms with Gasteiger partial charge in [0.2, 0.25) is 10.0 Å². The van der Waals surface area contributed by atoms with Gasteiger partial charge < -0.3 is 0 Å². The zero-order valence-corrected chi connectivity index (χ0v) is 11.9. The summed E-state index contributed by atoms with van der Waals surface area (Å²) in [6.45, 7) is 0.239. The van der Waals surface area contributed by atoms with E-state index in [9.17, 15) is 8.42 Å². The predicted octanol–water partition coefficient (Wildman–Crippen LogP) is 2.11. The lowest BCUT2D eigenvalue weighted by Gasteiger charge is -2.07. The van der Waals surface area contributed by atoms with E-state index in [1.54, 1.807) is 17.6 Å². The van der Waals surface area contributed by atoms with Crippen molar-refractivity contribution in [2.24, 2.45) is 0 Å². The van der Waals surface area contributed by atoms with Gasteiger partial charge >= 0.3 is 0 Å². The quantitative estimate of drug-likeness (QED) is 0.939. The van der Waals surface area contributed by atoms with E-state index in [4.69, 9.17) is 0 Å². The van der Waals surface area contributed by atoms with E-state index in [1.807, 2.05) is 11.4 Å². The molecule has 0 fully saturated rings. The van der Waals surface area contributed by atoms with Crippen molar-refractivity contribution in [3.8, 4) is 0 Å². The van der Waals surface area contributed by atoms with Crippen LogP contribution in [0.3, 0.4) is 0 Å². The van der Waals surface area contributed by atoms with Crippen molar-refractivity contribution < 1.29 is 8.42 Å². The molecule has 0 aliphatic heterocycles. The average Bonchev–Trinajstić information content (AvgIpc) is 3.06. The summed E-state index contributed by atoms with van der Waals surface area (Å²) < 4.78 is 27.0. The summed E-state index contributed by atoms with van der Waals surface area (Å²) in [6, 6.07) is 5.42. The molecule has 0 unspecified atom stereocenters. The molecule has 6 heteroatoms. The smallest absolute Gasteiger partial charge is 0.240 e. The van der Waals surface area contributed by atoms with E-state index in [0.717, 1.165) is 30.5 Å². The summed E-state index contributed by atoms with van der Waals surface area (Å²) in [7, 11) is -3.44. The van der Waals surface area contributed by atoms with Crippen LogP contribution in [0.5, 0.6) is 0 Å². The van der Waals surface area contributed by atoms with Crippen molar-refractivity contribution in [3.63, 3.8) is 0 Å². The minimum absolute atomic E-state index is 0.239. The second-order valence-electron chi connectivity index (χ2n) is 4.59. The van der Waals surface area contributed by atoms with E-state index in [1.165, 1.54) is 16.9 Å². The Morgan fingerprint density at radius 2 is 2.11 bits per heavy atom. The van der Waals surface area contributed by atoms with Crippen LogP contribution in [0, 0.1) is 0 Å². The first-order valence-corrected chi connectivity index (χ1v) is 8.56. The second kappa shape index (κ2) is 5.03. The number of nitrogens with one attached hydrogen (secondary N) is 1. The van der Waals surface area contributed by atoms with E-state index in [2.05, 4.69) is 9.71 Å². The molecule has 1 aromatic carbocycles. The summed E-state index contributed by atoms with van der Waals surface area (Å²) in [5, 5.41) is 1.84. The SMILES string of the molecule is O=S(=O)(NCc1cscn1)c1ccc2c(c1)CCC2. The third-order valence-corrected chi connectivity index (χ3v) is 5.34. The molecule has 0 spiro atoms. The van der Waals surface area contributed by atoms with E-state index >= 15 is 0 Å². The monoisotopic (exact) mass is 294 g/mol. The topological polar surface area (TPSA) is 59.1 Å². The molecule has 19 heavy (non-hydrogen) atoms. The van der Waals surface area contributed by atoms with Crippen molar-refractivity contribution in [1.29, 1.82) is 0 Å². The molecule has 1 aliphatic rings. The Labute approximate surface area is 116 Å². The Morgan fingerprint density at radius 1 is 1.26 bits per heavy atom. The summed E-state index contributed by atoms with van der Waals surface area (Å²) in [5.41, 5.74) is 4.88. The van der Waals surface area contributed by atoms with Crippen molar-refractivity contribution in [2.75, 3.05) is 0 Å². The van der Waals surface area contributed by atoms with Crippen LogP contribution in [0.2, 0.25) is 0 Å². The minimum Gasteiger partial charge on any atom is -0.248 e. The third-order valence-electron chi connectivity index (χ3n) is 3.31. The van der Waals surface area contributed by atoms with Crippen LogP contribution in [0.4, 0.5) is 0 Å². The summed E-state index contributed by atoms with van der Waals surface area (Å²) in [6.07, 6.45) is 3.15. The lowest BCUT2D eigenvalue weighted by atomic mass is 10.1. The van der Waals surface area contributed by atoms with Gasteiger partial charge in [-0.05, 0) is 42.5 Å². The lowest BCUT2D eigenvalue weighted by Crippen LogP contribution is -2.23.